The van der Waals surface area contributed by atoms with Crippen LogP contribution in [0.25, 0.3) is 11.1 Å². The minimum Gasteiger partial charge on any atom is -0.298 e. The van der Waals surface area contributed by atoms with Crippen LogP contribution in [0.2, 0.25) is 0 Å². The zero-order valence-corrected chi connectivity index (χ0v) is 15.8. The largest absolute Gasteiger partial charge is 0.298 e. The van der Waals surface area contributed by atoms with Crippen molar-refractivity contribution in [2.24, 2.45) is 4.99 Å². The third-order valence-electron chi connectivity index (χ3n) is 3.08. The molecule has 0 spiro atoms. The van der Waals surface area contributed by atoms with Crippen LogP contribution in [0.5, 0.6) is 0 Å². The van der Waals surface area contributed by atoms with Crippen molar-refractivity contribution in [3.8, 4) is 0 Å². The Hall–Kier alpha value is -0.820. The van der Waals surface area contributed by atoms with Crippen LogP contribution >= 0.6 is 54.5 Å². The second kappa shape index (κ2) is 6.12. The van der Waals surface area contributed by atoms with E-state index in [4.69, 9.17) is 5.41 Å². The monoisotopic (exact) mass is 440 g/mol. The molecule has 2 heterocycles. The first-order valence-electron chi connectivity index (χ1n) is 6.10. The molecule has 0 aromatic carbocycles. The van der Waals surface area contributed by atoms with E-state index in [0.29, 0.717) is 5.71 Å². The third kappa shape index (κ3) is 2.90. The van der Waals surface area contributed by atoms with E-state index in [0.717, 1.165) is 34.2 Å². The molecule has 0 amide bonds. The predicted molar refractivity (Wildman–Crippen MR) is 101 cm³/mol. The molecule has 0 aliphatic heterocycles. The minimum absolute atomic E-state index is 0.480. The highest BCUT2D eigenvalue weighted by Crippen LogP contribution is 2.35. The fraction of sp³-hybridized carbons (Fsp3) is 0.0667. The molecule has 2 aromatic rings. The minimum atomic E-state index is 0.480. The molecule has 21 heavy (non-hydrogen) atoms. The summed E-state index contributed by atoms with van der Waals surface area (Å²) in [6.45, 7) is 0. The summed E-state index contributed by atoms with van der Waals surface area (Å²) in [4.78, 5) is 6.55. The van der Waals surface area contributed by atoms with E-state index in [-0.39, 0.29) is 0 Å². The molecule has 0 fully saturated rings. The van der Waals surface area contributed by atoms with Gasteiger partial charge in [-0.25, -0.2) is 0 Å². The summed E-state index contributed by atoms with van der Waals surface area (Å²) in [6, 6.07) is 8.11. The zero-order chi connectivity index (χ0) is 15.0. The molecule has 1 aliphatic rings. The zero-order valence-electron chi connectivity index (χ0n) is 11.0. The highest BCUT2D eigenvalue weighted by Gasteiger charge is 2.23. The van der Waals surface area contributed by atoms with Gasteiger partial charge >= 0.3 is 0 Å². The highest BCUT2D eigenvalue weighted by atomic mass is 79.9. The van der Waals surface area contributed by atoms with E-state index in [2.05, 4.69) is 49.0 Å². The SMILES string of the molecule is C/N=C1\C(=N)C(c2ccc(Br)s2)=CC=C1c1ccc(Br)s1. The van der Waals surface area contributed by atoms with Crippen molar-refractivity contribution < 1.29 is 0 Å². The van der Waals surface area contributed by atoms with E-state index in [1.807, 2.05) is 24.3 Å². The summed E-state index contributed by atoms with van der Waals surface area (Å²) in [5, 5.41) is 8.48. The molecule has 2 aromatic heterocycles. The van der Waals surface area contributed by atoms with Gasteiger partial charge in [0.2, 0.25) is 0 Å². The van der Waals surface area contributed by atoms with Crippen LogP contribution in [-0.4, -0.2) is 18.5 Å². The van der Waals surface area contributed by atoms with Crippen LogP contribution in [0.3, 0.4) is 0 Å². The lowest BCUT2D eigenvalue weighted by Gasteiger charge is -2.16. The number of halogens is 2. The molecular formula is C15H10Br2N2S2. The van der Waals surface area contributed by atoms with E-state index >= 15 is 0 Å². The van der Waals surface area contributed by atoms with Gasteiger partial charge in [0.25, 0.3) is 0 Å². The Morgan fingerprint density at radius 2 is 1.43 bits per heavy atom. The molecule has 0 bridgehead atoms. The van der Waals surface area contributed by atoms with Crippen LogP contribution in [0.15, 0.2) is 49.0 Å². The fourth-order valence-corrected chi connectivity index (χ4v) is 4.98. The summed E-state index contributed by atoms with van der Waals surface area (Å²) in [6.07, 6.45) is 4.07. The molecule has 0 saturated heterocycles. The maximum atomic E-state index is 8.48. The summed E-state index contributed by atoms with van der Waals surface area (Å²) in [7, 11) is 1.74. The summed E-state index contributed by atoms with van der Waals surface area (Å²) in [5.74, 6) is 0. The molecule has 0 atom stereocenters. The normalized spacial score (nSPS) is 17.1. The van der Waals surface area contributed by atoms with Gasteiger partial charge in [-0.1, -0.05) is 12.2 Å². The first-order chi connectivity index (χ1) is 10.1. The van der Waals surface area contributed by atoms with Crippen molar-refractivity contribution in [1.82, 2.24) is 0 Å². The van der Waals surface area contributed by atoms with Gasteiger partial charge in [0, 0.05) is 27.9 Å². The van der Waals surface area contributed by atoms with Gasteiger partial charge in [0.05, 0.1) is 19.0 Å². The average Bonchev–Trinajstić information content (AvgIpc) is 3.07. The Bertz CT molecular complexity index is 809. The fourth-order valence-electron chi connectivity index (χ4n) is 2.15. The quantitative estimate of drug-likeness (QED) is 0.562. The topological polar surface area (TPSA) is 36.2 Å². The van der Waals surface area contributed by atoms with E-state index in [9.17, 15) is 0 Å². The van der Waals surface area contributed by atoms with Crippen LogP contribution in [0.4, 0.5) is 0 Å². The van der Waals surface area contributed by atoms with Gasteiger partial charge in [-0.15, -0.1) is 22.7 Å². The van der Waals surface area contributed by atoms with Crippen molar-refractivity contribution in [1.29, 1.82) is 5.41 Å². The maximum absolute atomic E-state index is 8.48. The number of aliphatic imine (C=N–C) groups is 1. The number of hydrogen-bond acceptors (Lipinski definition) is 4. The van der Waals surface area contributed by atoms with Crippen LogP contribution < -0.4 is 0 Å². The number of allylic oxidation sites excluding steroid dienone is 4. The van der Waals surface area contributed by atoms with Gasteiger partial charge in [-0.2, -0.15) is 0 Å². The summed E-state index contributed by atoms with van der Waals surface area (Å²) in [5.41, 5.74) is 3.16. The highest BCUT2D eigenvalue weighted by molar-refractivity contribution is 9.11. The van der Waals surface area contributed by atoms with E-state index in [1.54, 1.807) is 29.7 Å². The standard InChI is InChI=1S/C15H10Br2N2S2/c1-19-15-9(11-5-7-13(17)21-11)3-2-8(14(15)18)10-4-6-12(16)20-10/h2-7,18H,1H3/b18-14?,19-15-. The Morgan fingerprint density at radius 1 is 0.905 bits per heavy atom. The summed E-state index contributed by atoms with van der Waals surface area (Å²) >= 11 is 10.2. The van der Waals surface area contributed by atoms with E-state index in [1.165, 1.54) is 0 Å². The molecule has 1 N–H and O–H groups in total. The lowest BCUT2D eigenvalue weighted by molar-refractivity contribution is 1.44. The third-order valence-corrected chi connectivity index (χ3v) is 6.39. The molecule has 3 rings (SSSR count). The second-order valence-electron chi connectivity index (χ2n) is 4.32. The van der Waals surface area contributed by atoms with Gasteiger partial charge in [-0.3, -0.25) is 10.4 Å². The van der Waals surface area contributed by atoms with Gasteiger partial charge in [-0.05, 0) is 56.1 Å². The molecular weight excluding hydrogens is 432 g/mol. The average molecular weight is 442 g/mol. The molecule has 0 radical (unpaired) electrons. The van der Waals surface area contributed by atoms with Crippen LogP contribution in [0, 0.1) is 5.41 Å². The summed E-state index contributed by atoms with van der Waals surface area (Å²) < 4.78 is 2.15. The molecule has 0 saturated carbocycles. The van der Waals surface area contributed by atoms with E-state index < -0.39 is 0 Å². The van der Waals surface area contributed by atoms with Crippen molar-refractivity contribution >= 4 is 77.1 Å². The van der Waals surface area contributed by atoms with Crippen molar-refractivity contribution in [3.05, 3.63) is 53.7 Å². The molecule has 2 nitrogen and oxygen atoms in total. The molecule has 6 heteroatoms. The number of thiophene rings is 2. The molecule has 1 aliphatic carbocycles. The maximum Gasteiger partial charge on any atom is 0.0913 e. The van der Waals surface area contributed by atoms with Gasteiger partial charge < -0.3 is 0 Å². The predicted octanol–water partition coefficient (Wildman–Crippen LogP) is 5.91. The van der Waals surface area contributed by atoms with Gasteiger partial charge in [0.15, 0.2) is 0 Å². The van der Waals surface area contributed by atoms with Crippen molar-refractivity contribution in [3.63, 3.8) is 0 Å². The molecule has 106 valence electrons. The second-order valence-corrected chi connectivity index (χ2v) is 9.24. The first-order valence-corrected chi connectivity index (χ1v) is 9.32. The van der Waals surface area contributed by atoms with Crippen LogP contribution in [0.1, 0.15) is 9.75 Å². The number of hydrogen-bond donors (Lipinski definition) is 1. The smallest absolute Gasteiger partial charge is 0.0913 e. The lowest BCUT2D eigenvalue weighted by atomic mass is 9.92. The van der Waals surface area contributed by atoms with Crippen LogP contribution in [-0.2, 0) is 0 Å². The van der Waals surface area contributed by atoms with Gasteiger partial charge in [0.1, 0.15) is 0 Å². The number of rotatable bonds is 2. The van der Waals surface area contributed by atoms with Crippen molar-refractivity contribution in [2.75, 3.05) is 7.05 Å². The number of nitrogens with one attached hydrogen (secondary N) is 1. The first kappa shape index (κ1) is 15.1. The number of nitrogens with zero attached hydrogens (tertiary/aromatic N) is 1. The molecule has 0 unspecified atom stereocenters. The lowest BCUT2D eigenvalue weighted by Crippen LogP contribution is -2.19. The Labute approximate surface area is 147 Å². The Balaban J connectivity index is 2.09. The van der Waals surface area contributed by atoms with Crippen molar-refractivity contribution in [2.45, 2.75) is 0 Å². The Kier molecular flexibility index (Phi) is 4.40. The Morgan fingerprint density at radius 3 is 1.90 bits per heavy atom.